The summed E-state index contributed by atoms with van der Waals surface area (Å²) in [6.45, 7) is 15.1. The van der Waals surface area contributed by atoms with Gasteiger partial charge in [0.2, 0.25) is 0 Å². The van der Waals surface area contributed by atoms with E-state index in [-0.39, 0.29) is 23.3 Å². The molecule has 1 aliphatic carbocycles. The molecule has 0 spiro atoms. The van der Waals surface area contributed by atoms with Crippen LogP contribution in [-0.2, 0) is 19.1 Å². The number of rotatable bonds is 7. The molecule has 2 fully saturated rings. The zero-order valence-corrected chi connectivity index (χ0v) is 15.8. The third kappa shape index (κ3) is 3.50. The Bertz CT molecular complexity index is 738. The number of esters is 2. The van der Waals surface area contributed by atoms with Crippen LogP contribution in [-0.4, -0.2) is 63.9 Å². The highest BCUT2D eigenvalue weighted by atomic mass is 16.6. The first-order valence-corrected chi connectivity index (χ1v) is 8.74. The molecule has 28 heavy (non-hydrogen) atoms. The van der Waals surface area contributed by atoms with Crippen LogP contribution in [0.15, 0.2) is 48.8 Å². The first kappa shape index (κ1) is 21.9. The van der Waals surface area contributed by atoms with Gasteiger partial charge in [0.1, 0.15) is 18.3 Å². The van der Waals surface area contributed by atoms with Crippen LogP contribution in [0.5, 0.6) is 0 Å². The maximum Gasteiger partial charge on any atom is 0.336 e. The van der Waals surface area contributed by atoms with E-state index >= 15 is 0 Å². The molecule has 8 heteroatoms. The number of aliphatic hydroxyl groups is 4. The van der Waals surface area contributed by atoms with Gasteiger partial charge in [-0.1, -0.05) is 33.2 Å². The summed E-state index contributed by atoms with van der Waals surface area (Å²) < 4.78 is 10.9. The highest BCUT2D eigenvalue weighted by Crippen LogP contribution is 2.55. The lowest BCUT2D eigenvalue weighted by molar-refractivity contribution is -0.162. The van der Waals surface area contributed by atoms with Gasteiger partial charge in [0, 0.05) is 16.9 Å². The SMILES string of the molecule is C=C(CO)C1[C@H]2OC(=O)C(=C)[C@@H]2[C@@H](OC(=O)C(=C)[C@@H](O)CO)CC1(C)C(=C)O. The van der Waals surface area contributed by atoms with E-state index in [0.29, 0.717) is 5.57 Å². The maximum atomic E-state index is 12.4. The minimum Gasteiger partial charge on any atom is -0.512 e. The van der Waals surface area contributed by atoms with Crippen molar-refractivity contribution < 1.29 is 39.5 Å². The molecule has 8 nitrogen and oxygen atoms in total. The molecule has 0 bridgehead atoms. The fourth-order valence-electron chi connectivity index (χ4n) is 4.01. The molecule has 0 aromatic rings. The smallest absolute Gasteiger partial charge is 0.336 e. The summed E-state index contributed by atoms with van der Waals surface area (Å²) in [5.41, 5.74) is -1.04. The molecule has 154 valence electrons. The van der Waals surface area contributed by atoms with Crippen molar-refractivity contribution in [3.8, 4) is 0 Å². The summed E-state index contributed by atoms with van der Waals surface area (Å²) in [6, 6.07) is 0. The summed E-state index contributed by atoms with van der Waals surface area (Å²) >= 11 is 0. The van der Waals surface area contributed by atoms with E-state index in [2.05, 4.69) is 26.3 Å². The third-order valence-electron chi connectivity index (χ3n) is 5.70. The van der Waals surface area contributed by atoms with Crippen molar-refractivity contribution in [3.63, 3.8) is 0 Å². The molecule has 1 aliphatic heterocycles. The van der Waals surface area contributed by atoms with Crippen molar-refractivity contribution in [1.82, 2.24) is 0 Å². The monoisotopic (exact) mass is 394 g/mol. The highest BCUT2D eigenvalue weighted by molar-refractivity contribution is 5.92. The number of carbonyl (C=O) groups is 2. The van der Waals surface area contributed by atoms with Gasteiger partial charge >= 0.3 is 11.9 Å². The first-order valence-electron chi connectivity index (χ1n) is 8.74. The highest BCUT2D eigenvalue weighted by Gasteiger charge is 2.60. The Balaban J connectivity index is 2.44. The number of allylic oxidation sites excluding steroid dienone is 1. The van der Waals surface area contributed by atoms with Crippen molar-refractivity contribution in [2.45, 2.75) is 31.7 Å². The van der Waals surface area contributed by atoms with Crippen molar-refractivity contribution in [2.24, 2.45) is 17.3 Å². The molecule has 0 aromatic carbocycles. The molecule has 0 radical (unpaired) electrons. The predicted molar refractivity (Wildman–Crippen MR) is 98.8 cm³/mol. The molecule has 2 aliphatic rings. The largest absolute Gasteiger partial charge is 0.512 e. The summed E-state index contributed by atoms with van der Waals surface area (Å²) in [6.07, 6.45) is -3.28. The Labute approximate surface area is 163 Å². The summed E-state index contributed by atoms with van der Waals surface area (Å²) in [4.78, 5) is 24.5. The number of hydrogen-bond acceptors (Lipinski definition) is 8. The van der Waals surface area contributed by atoms with Crippen molar-refractivity contribution >= 4 is 11.9 Å². The Morgan fingerprint density at radius 1 is 1.36 bits per heavy atom. The number of ether oxygens (including phenoxy) is 2. The van der Waals surface area contributed by atoms with Crippen LogP contribution in [0.3, 0.4) is 0 Å². The molecule has 1 saturated heterocycles. The molecule has 1 saturated carbocycles. The number of fused-ring (bicyclic) bond motifs is 1. The maximum absolute atomic E-state index is 12.4. The van der Waals surface area contributed by atoms with Crippen LogP contribution in [0.1, 0.15) is 13.3 Å². The van der Waals surface area contributed by atoms with E-state index in [1.165, 1.54) is 0 Å². The first-order chi connectivity index (χ1) is 13.0. The number of hydrogen-bond donors (Lipinski definition) is 4. The molecular formula is C20H26O8. The van der Waals surface area contributed by atoms with Gasteiger partial charge in [-0.2, -0.15) is 0 Å². The molecule has 0 aromatic heterocycles. The molecular weight excluding hydrogens is 368 g/mol. The van der Waals surface area contributed by atoms with Gasteiger partial charge in [-0.05, 0) is 12.0 Å². The van der Waals surface area contributed by atoms with Crippen LogP contribution in [0.25, 0.3) is 0 Å². The van der Waals surface area contributed by atoms with Crippen LogP contribution in [0.4, 0.5) is 0 Å². The Morgan fingerprint density at radius 3 is 2.46 bits per heavy atom. The van der Waals surface area contributed by atoms with Gasteiger partial charge in [-0.15, -0.1) is 0 Å². The van der Waals surface area contributed by atoms with Gasteiger partial charge in [0.15, 0.2) is 0 Å². The second-order valence-electron chi connectivity index (χ2n) is 7.45. The van der Waals surface area contributed by atoms with Gasteiger partial charge in [-0.25, -0.2) is 9.59 Å². The van der Waals surface area contributed by atoms with Gasteiger partial charge in [0.25, 0.3) is 0 Å². The van der Waals surface area contributed by atoms with E-state index in [0.717, 1.165) is 0 Å². The minimum atomic E-state index is -1.49. The topological polar surface area (TPSA) is 134 Å². The second kappa shape index (κ2) is 7.90. The Hall–Kier alpha value is -2.42. The number of carbonyl (C=O) groups excluding carboxylic acids is 2. The average Bonchev–Trinajstić information content (AvgIpc) is 2.94. The standard InChI is InChI=1S/C20H26O8/c1-9(7-21)16-17-15(11(3)19(26)28-17)14(6-20(16,5)12(4)23)27-18(25)10(2)13(24)8-22/h13-17,21-24H,1-4,6-8H2,5H3/t13-,14-,15+,16?,17-,20?/m0/s1. The fourth-order valence-corrected chi connectivity index (χ4v) is 4.01. The Morgan fingerprint density at radius 2 is 1.96 bits per heavy atom. The number of aliphatic hydroxyl groups excluding tert-OH is 4. The molecule has 4 N–H and O–H groups in total. The molecule has 2 rings (SSSR count). The lowest BCUT2D eigenvalue weighted by Gasteiger charge is -2.49. The van der Waals surface area contributed by atoms with Crippen molar-refractivity contribution in [1.29, 1.82) is 0 Å². The van der Waals surface area contributed by atoms with Gasteiger partial charge in [-0.3, -0.25) is 0 Å². The van der Waals surface area contributed by atoms with Crippen LogP contribution in [0.2, 0.25) is 0 Å². The fraction of sp³-hybridized carbons (Fsp3) is 0.500. The minimum absolute atomic E-state index is 0.0388. The lowest BCUT2D eigenvalue weighted by atomic mass is 9.58. The third-order valence-corrected chi connectivity index (χ3v) is 5.70. The molecule has 0 amide bonds. The second-order valence-corrected chi connectivity index (χ2v) is 7.45. The summed E-state index contributed by atoms with van der Waals surface area (Å²) in [7, 11) is 0. The quantitative estimate of drug-likeness (QED) is 0.213. The van der Waals surface area contributed by atoms with Crippen molar-refractivity contribution in [3.05, 3.63) is 48.8 Å². The predicted octanol–water partition coefficient (Wildman–Crippen LogP) is 0.552. The zero-order valence-electron chi connectivity index (χ0n) is 15.8. The lowest BCUT2D eigenvalue weighted by Crippen LogP contribution is -2.53. The normalized spacial score (nSPS) is 32.9. The zero-order chi connectivity index (χ0) is 21.4. The van der Waals surface area contributed by atoms with Crippen LogP contribution in [0, 0.1) is 17.3 Å². The van der Waals surface area contributed by atoms with E-state index in [4.69, 9.17) is 14.6 Å². The van der Waals surface area contributed by atoms with E-state index in [9.17, 15) is 24.9 Å². The molecule has 1 heterocycles. The summed E-state index contributed by atoms with van der Waals surface area (Å²) in [5.74, 6) is -3.29. The van der Waals surface area contributed by atoms with E-state index in [1.54, 1.807) is 6.92 Å². The van der Waals surface area contributed by atoms with Crippen molar-refractivity contribution in [2.75, 3.05) is 13.2 Å². The van der Waals surface area contributed by atoms with Gasteiger partial charge in [0.05, 0.1) is 30.5 Å². The van der Waals surface area contributed by atoms with Crippen LogP contribution < -0.4 is 0 Å². The van der Waals surface area contributed by atoms with Gasteiger partial charge < -0.3 is 29.9 Å². The molecule has 6 atom stereocenters. The summed E-state index contributed by atoms with van der Waals surface area (Å²) in [5, 5.41) is 38.5. The average molecular weight is 394 g/mol. The van der Waals surface area contributed by atoms with E-state index in [1.807, 2.05) is 0 Å². The van der Waals surface area contributed by atoms with E-state index < -0.39 is 60.7 Å². The van der Waals surface area contributed by atoms with Crippen LogP contribution >= 0.6 is 0 Å². The Kier molecular flexibility index (Phi) is 6.18. The molecule has 2 unspecified atom stereocenters.